The van der Waals surface area contributed by atoms with Gasteiger partial charge in [0.1, 0.15) is 17.2 Å². The molecule has 0 bridgehead atoms. The molecule has 158 valence electrons. The number of benzene rings is 2. The molecule has 0 aliphatic rings. The molecule has 0 amide bonds. The summed E-state index contributed by atoms with van der Waals surface area (Å²) in [6, 6.07) is 18.5. The van der Waals surface area contributed by atoms with E-state index in [2.05, 4.69) is 16.2 Å². The van der Waals surface area contributed by atoms with Crippen LogP contribution in [-0.2, 0) is 9.47 Å². The summed E-state index contributed by atoms with van der Waals surface area (Å²) < 4.78 is 11.1. The standard InChI is InChI=1S/C24H18N4O4/c1-14-9-11-15(12-10-14)18-17(13-25)22-26-21(16-7-5-4-6-8-16)27-28(22)20(24(30)32-3)19(18)23(29)31-2/h4-12H,1-3H3. The zero-order chi connectivity index (χ0) is 22.8. The van der Waals surface area contributed by atoms with Crippen LogP contribution >= 0.6 is 0 Å². The molecule has 0 aliphatic heterocycles. The molecule has 0 unspecified atom stereocenters. The van der Waals surface area contributed by atoms with Crippen molar-refractivity contribution in [1.82, 2.24) is 14.6 Å². The largest absolute Gasteiger partial charge is 0.465 e. The highest BCUT2D eigenvalue weighted by Crippen LogP contribution is 2.34. The summed E-state index contributed by atoms with van der Waals surface area (Å²) in [4.78, 5) is 30.3. The minimum atomic E-state index is -0.808. The molecular weight excluding hydrogens is 408 g/mol. The van der Waals surface area contributed by atoms with E-state index >= 15 is 0 Å². The summed E-state index contributed by atoms with van der Waals surface area (Å²) in [6.45, 7) is 1.92. The first kappa shape index (κ1) is 20.8. The lowest BCUT2D eigenvalue weighted by Gasteiger charge is -2.15. The minimum Gasteiger partial charge on any atom is -0.465 e. The molecule has 0 saturated carbocycles. The van der Waals surface area contributed by atoms with Gasteiger partial charge in [0.05, 0.1) is 14.2 Å². The lowest BCUT2D eigenvalue weighted by atomic mass is 9.93. The zero-order valence-corrected chi connectivity index (χ0v) is 17.6. The van der Waals surface area contributed by atoms with Crippen LogP contribution in [0.4, 0.5) is 0 Å². The van der Waals surface area contributed by atoms with Crippen molar-refractivity contribution >= 4 is 17.6 Å². The number of hydrogen-bond acceptors (Lipinski definition) is 7. The fourth-order valence-corrected chi connectivity index (χ4v) is 3.50. The Balaban J connectivity index is 2.20. The topological polar surface area (TPSA) is 107 Å². The highest BCUT2D eigenvalue weighted by atomic mass is 16.5. The molecule has 0 saturated heterocycles. The molecule has 0 atom stereocenters. The quantitative estimate of drug-likeness (QED) is 0.457. The van der Waals surface area contributed by atoms with E-state index in [1.807, 2.05) is 37.3 Å². The summed E-state index contributed by atoms with van der Waals surface area (Å²) in [7, 11) is 2.41. The number of methoxy groups -OCH3 is 2. The van der Waals surface area contributed by atoms with Gasteiger partial charge < -0.3 is 9.47 Å². The number of ether oxygens (including phenoxy) is 2. The second-order valence-electron chi connectivity index (χ2n) is 6.97. The Morgan fingerprint density at radius 3 is 2.19 bits per heavy atom. The molecule has 32 heavy (non-hydrogen) atoms. The summed E-state index contributed by atoms with van der Waals surface area (Å²) in [5.41, 5.74) is 2.42. The van der Waals surface area contributed by atoms with Gasteiger partial charge in [0, 0.05) is 11.1 Å². The molecule has 0 radical (unpaired) electrons. The predicted octanol–water partition coefficient (Wildman–Crippen LogP) is 3.82. The van der Waals surface area contributed by atoms with Crippen molar-refractivity contribution in [3.8, 4) is 28.6 Å². The number of rotatable bonds is 4. The molecule has 0 N–H and O–H groups in total. The number of nitriles is 1. The van der Waals surface area contributed by atoms with Crippen molar-refractivity contribution in [2.24, 2.45) is 0 Å². The van der Waals surface area contributed by atoms with Crippen LogP contribution in [0.25, 0.3) is 28.2 Å². The number of aryl methyl sites for hydroxylation is 1. The number of carbonyl (C=O) groups is 2. The molecule has 0 spiro atoms. The highest BCUT2D eigenvalue weighted by Gasteiger charge is 2.32. The predicted molar refractivity (Wildman–Crippen MR) is 116 cm³/mol. The van der Waals surface area contributed by atoms with E-state index in [1.165, 1.54) is 18.7 Å². The van der Waals surface area contributed by atoms with E-state index in [1.54, 1.807) is 24.3 Å². The fraction of sp³-hybridized carbons (Fsp3) is 0.125. The molecule has 8 nitrogen and oxygen atoms in total. The zero-order valence-electron chi connectivity index (χ0n) is 17.6. The lowest BCUT2D eigenvalue weighted by molar-refractivity contribution is 0.0547. The third kappa shape index (κ3) is 3.36. The number of esters is 2. The number of aromatic nitrogens is 3. The maximum atomic E-state index is 12.9. The first-order chi connectivity index (χ1) is 15.5. The van der Waals surface area contributed by atoms with Gasteiger partial charge in [-0.25, -0.2) is 19.1 Å². The van der Waals surface area contributed by atoms with Crippen molar-refractivity contribution in [2.45, 2.75) is 6.92 Å². The second kappa shape index (κ2) is 8.32. The monoisotopic (exact) mass is 426 g/mol. The van der Waals surface area contributed by atoms with Crippen LogP contribution in [0.3, 0.4) is 0 Å². The maximum absolute atomic E-state index is 12.9. The molecule has 0 fully saturated rings. The maximum Gasteiger partial charge on any atom is 0.357 e. The summed E-state index contributed by atoms with van der Waals surface area (Å²) in [5, 5.41) is 14.5. The van der Waals surface area contributed by atoms with Crippen molar-refractivity contribution in [3.05, 3.63) is 77.0 Å². The number of nitrogens with zero attached hydrogens (tertiary/aromatic N) is 4. The summed E-state index contributed by atoms with van der Waals surface area (Å²) in [5.74, 6) is -1.31. The van der Waals surface area contributed by atoms with Crippen molar-refractivity contribution in [3.63, 3.8) is 0 Å². The molecule has 8 heteroatoms. The van der Waals surface area contributed by atoms with Crippen molar-refractivity contribution in [1.29, 1.82) is 5.26 Å². The average Bonchev–Trinajstić information content (AvgIpc) is 3.27. The van der Waals surface area contributed by atoms with E-state index in [0.717, 1.165) is 5.56 Å². The van der Waals surface area contributed by atoms with Gasteiger partial charge in [0.15, 0.2) is 17.2 Å². The third-order valence-electron chi connectivity index (χ3n) is 5.03. The Labute approximate surface area is 183 Å². The van der Waals surface area contributed by atoms with E-state index in [4.69, 9.17) is 9.47 Å². The minimum absolute atomic E-state index is 0.0941. The number of carbonyl (C=O) groups excluding carboxylic acids is 2. The molecule has 0 aliphatic carbocycles. The third-order valence-corrected chi connectivity index (χ3v) is 5.03. The smallest absolute Gasteiger partial charge is 0.357 e. The molecule has 2 heterocycles. The highest BCUT2D eigenvalue weighted by molar-refractivity contribution is 6.09. The number of hydrogen-bond donors (Lipinski definition) is 0. The van der Waals surface area contributed by atoms with Crippen LogP contribution in [0.2, 0.25) is 0 Å². The first-order valence-corrected chi connectivity index (χ1v) is 9.66. The van der Waals surface area contributed by atoms with Gasteiger partial charge in [-0.1, -0.05) is 60.2 Å². The van der Waals surface area contributed by atoms with E-state index in [9.17, 15) is 14.9 Å². The molecule has 4 aromatic rings. The van der Waals surface area contributed by atoms with Gasteiger partial charge >= 0.3 is 11.9 Å². The van der Waals surface area contributed by atoms with Gasteiger partial charge in [0.25, 0.3) is 0 Å². The van der Waals surface area contributed by atoms with Gasteiger partial charge in [-0.2, -0.15) is 5.26 Å². The van der Waals surface area contributed by atoms with E-state index < -0.39 is 11.9 Å². The van der Waals surface area contributed by atoms with Crippen LogP contribution in [0.5, 0.6) is 0 Å². The van der Waals surface area contributed by atoms with Crippen LogP contribution in [0, 0.1) is 18.3 Å². The van der Waals surface area contributed by atoms with E-state index in [0.29, 0.717) is 17.0 Å². The Morgan fingerprint density at radius 1 is 0.938 bits per heavy atom. The van der Waals surface area contributed by atoms with Crippen LogP contribution in [0.15, 0.2) is 54.6 Å². The van der Waals surface area contributed by atoms with Crippen LogP contribution in [0.1, 0.15) is 32.0 Å². The summed E-state index contributed by atoms with van der Waals surface area (Å²) in [6.07, 6.45) is 0. The number of pyridine rings is 1. The Morgan fingerprint density at radius 2 is 1.59 bits per heavy atom. The van der Waals surface area contributed by atoms with Crippen molar-refractivity contribution < 1.29 is 19.1 Å². The normalized spacial score (nSPS) is 10.6. The number of fused-ring (bicyclic) bond motifs is 1. The molecule has 2 aromatic carbocycles. The second-order valence-corrected chi connectivity index (χ2v) is 6.97. The van der Waals surface area contributed by atoms with Crippen LogP contribution in [-0.4, -0.2) is 40.8 Å². The Bertz CT molecular complexity index is 1380. The SMILES string of the molecule is COC(=O)c1c(-c2ccc(C)cc2)c(C#N)c2nc(-c3ccccc3)nn2c1C(=O)OC. The van der Waals surface area contributed by atoms with Gasteiger partial charge in [-0.3, -0.25) is 0 Å². The first-order valence-electron chi connectivity index (χ1n) is 9.66. The van der Waals surface area contributed by atoms with Crippen LogP contribution < -0.4 is 0 Å². The Kier molecular flexibility index (Phi) is 5.39. The molecular formula is C24H18N4O4. The molecule has 4 rings (SSSR count). The van der Waals surface area contributed by atoms with E-state index in [-0.39, 0.29) is 28.0 Å². The van der Waals surface area contributed by atoms with Crippen molar-refractivity contribution in [2.75, 3.05) is 14.2 Å². The van der Waals surface area contributed by atoms with Gasteiger partial charge in [-0.05, 0) is 12.5 Å². The fourth-order valence-electron chi connectivity index (χ4n) is 3.50. The summed E-state index contributed by atoms with van der Waals surface area (Å²) >= 11 is 0. The van der Waals surface area contributed by atoms with Gasteiger partial charge in [-0.15, -0.1) is 5.10 Å². The Hall–Kier alpha value is -4.51. The average molecular weight is 426 g/mol. The lowest BCUT2D eigenvalue weighted by Crippen LogP contribution is -2.20. The van der Waals surface area contributed by atoms with Gasteiger partial charge in [0.2, 0.25) is 0 Å². The molecule has 2 aromatic heterocycles.